The largest absolute Gasteiger partial charge is 0.496 e. The second kappa shape index (κ2) is 9.19. The van der Waals surface area contributed by atoms with Crippen molar-refractivity contribution in [3.05, 3.63) is 77.1 Å². The molecule has 3 aromatic rings. The van der Waals surface area contributed by atoms with Gasteiger partial charge in [0.25, 0.3) is 5.91 Å². The number of nitrogens with zero attached hydrogens (tertiary/aromatic N) is 2. The molecule has 6 nitrogen and oxygen atoms in total. The molecule has 0 aliphatic heterocycles. The lowest BCUT2D eigenvalue weighted by Gasteiger charge is -2.11. The fourth-order valence-electron chi connectivity index (χ4n) is 2.93. The molecular weight excluding hydrogens is 364 g/mol. The zero-order valence-electron chi connectivity index (χ0n) is 17.2. The number of benzene rings is 2. The predicted molar refractivity (Wildman–Crippen MR) is 116 cm³/mol. The van der Waals surface area contributed by atoms with Crippen molar-refractivity contribution in [2.75, 3.05) is 17.7 Å². The van der Waals surface area contributed by atoms with Crippen molar-refractivity contribution < 1.29 is 9.53 Å². The van der Waals surface area contributed by atoms with Gasteiger partial charge < -0.3 is 15.4 Å². The molecule has 1 amide bonds. The smallest absolute Gasteiger partial charge is 0.274 e. The van der Waals surface area contributed by atoms with Crippen LogP contribution < -0.4 is 15.4 Å². The summed E-state index contributed by atoms with van der Waals surface area (Å²) in [6.07, 6.45) is 0. The Bertz CT molecular complexity index is 984. The molecule has 0 aliphatic rings. The third-order valence-corrected chi connectivity index (χ3v) is 4.55. The highest BCUT2D eigenvalue weighted by Crippen LogP contribution is 2.19. The number of carbonyl (C=O) groups is 1. The normalized spacial score (nSPS) is 10.7. The van der Waals surface area contributed by atoms with E-state index < -0.39 is 0 Å². The zero-order chi connectivity index (χ0) is 20.8. The molecule has 0 spiro atoms. The minimum absolute atomic E-state index is 0.270. The first kappa shape index (κ1) is 20.3. The number of rotatable bonds is 7. The molecule has 0 saturated carbocycles. The topological polar surface area (TPSA) is 76.1 Å². The number of carbonyl (C=O) groups excluding carboxylic acids is 1. The molecule has 0 fully saturated rings. The molecule has 0 atom stereocenters. The summed E-state index contributed by atoms with van der Waals surface area (Å²) in [5.74, 6) is 1.36. The second-order valence-corrected chi connectivity index (χ2v) is 7.11. The molecule has 3 rings (SSSR count). The maximum atomic E-state index is 12.7. The first-order valence-electron chi connectivity index (χ1n) is 9.59. The van der Waals surface area contributed by atoms with Crippen molar-refractivity contribution in [2.24, 2.45) is 0 Å². The Kier molecular flexibility index (Phi) is 6.44. The molecule has 1 aromatic heterocycles. The number of aryl methyl sites for hydroxylation is 1. The van der Waals surface area contributed by atoms with E-state index in [0.717, 1.165) is 17.0 Å². The van der Waals surface area contributed by atoms with E-state index in [1.807, 2.05) is 55.5 Å². The van der Waals surface area contributed by atoms with Gasteiger partial charge in [0, 0.05) is 23.5 Å². The molecule has 0 unspecified atom stereocenters. The third kappa shape index (κ3) is 5.31. The van der Waals surface area contributed by atoms with Crippen LogP contribution in [0.4, 0.5) is 11.6 Å². The second-order valence-electron chi connectivity index (χ2n) is 7.11. The highest BCUT2D eigenvalue weighted by molar-refractivity contribution is 6.03. The van der Waals surface area contributed by atoms with E-state index in [1.165, 1.54) is 5.56 Å². The highest BCUT2D eigenvalue weighted by atomic mass is 16.5. The minimum Gasteiger partial charge on any atom is -0.496 e. The van der Waals surface area contributed by atoms with E-state index in [4.69, 9.17) is 4.74 Å². The van der Waals surface area contributed by atoms with E-state index in [-0.39, 0.29) is 5.91 Å². The summed E-state index contributed by atoms with van der Waals surface area (Å²) in [6, 6.07) is 17.3. The number of aromatic nitrogens is 2. The zero-order valence-corrected chi connectivity index (χ0v) is 17.2. The van der Waals surface area contributed by atoms with Crippen molar-refractivity contribution >= 4 is 17.5 Å². The standard InChI is InChI=1S/C23H26N4O2/c1-15(2)17-9-11-19(12-10-17)26-22(28)20-13-16(3)25-23(27-20)24-14-18-7-5-6-8-21(18)29-4/h5-13,15H,14H2,1-4H3,(H,26,28)(H,24,25,27). The maximum Gasteiger partial charge on any atom is 0.274 e. The first-order valence-corrected chi connectivity index (χ1v) is 9.59. The van der Waals surface area contributed by atoms with Crippen LogP contribution in [0.5, 0.6) is 5.75 Å². The summed E-state index contributed by atoms with van der Waals surface area (Å²) in [4.78, 5) is 21.4. The predicted octanol–water partition coefficient (Wildman–Crippen LogP) is 4.78. The molecule has 0 saturated heterocycles. The number of hydrogen-bond donors (Lipinski definition) is 2. The number of anilines is 2. The minimum atomic E-state index is -0.270. The third-order valence-electron chi connectivity index (χ3n) is 4.55. The van der Waals surface area contributed by atoms with Crippen LogP contribution in [0, 0.1) is 6.92 Å². The van der Waals surface area contributed by atoms with Gasteiger partial charge in [-0.05, 0) is 42.7 Å². The lowest BCUT2D eigenvalue weighted by molar-refractivity contribution is 0.102. The fraction of sp³-hybridized carbons (Fsp3) is 0.261. The van der Waals surface area contributed by atoms with Crippen LogP contribution in [-0.2, 0) is 6.54 Å². The van der Waals surface area contributed by atoms with Gasteiger partial charge in [-0.15, -0.1) is 0 Å². The van der Waals surface area contributed by atoms with Crippen molar-refractivity contribution in [3.63, 3.8) is 0 Å². The molecule has 0 bridgehead atoms. The number of para-hydroxylation sites is 1. The summed E-state index contributed by atoms with van der Waals surface area (Å²) in [5.41, 5.74) is 3.97. The molecule has 2 N–H and O–H groups in total. The summed E-state index contributed by atoms with van der Waals surface area (Å²) in [5, 5.41) is 6.07. The lowest BCUT2D eigenvalue weighted by atomic mass is 10.0. The van der Waals surface area contributed by atoms with Gasteiger partial charge in [-0.3, -0.25) is 4.79 Å². The van der Waals surface area contributed by atoms with Crippen LogP contribution in [0.3, 0.4) is 0 Å². The molecule has 150 valence electrons. The van der Waals surface area contributed by atoms with Crippen molar-refractivity contribution in [3.8, 4) is 5.75 Å². The Balaban J connectivity index is 1.71. The molecule has 1 heterocycles. The maximum absolute atomic E-state index is 12.7. The Morgan fingerprint density at radius 3 is 2.48 bits per heavy atom. The van der Waals surface area contributed by atoms with Crippen LogP contribution in [0.2, 0.25) is 0 Å². The van der Waals surface area contributed by atoms with E-state index >= 15 is 0 Å². The fourth-order valence-corrected chi connectivity index (χ4v) is 2.93. The quantitative estimate of drug-likeness (QED) is 0.607. The lowest BCUT2D eigenvalue weighted by Crippen LogP contribution is -2.16. The summed E-state index contributed by atoms with van der Waals surface area (Å²) >= 11 is 0. The van der Waals surface area contributed by atoms with Gasteiger partial charge >= 0.3 is 0 Å². The number of amides is 1. The Labute approximate surface area is 171 Å². The van der Waals surface area contributed by atoms with Crippen molar-refractivity contribution in [2.45, 2.75) is 33.2 Å². The monoisotopic (exact) mass is 390 g/mol. The average Bonchev–Trinajstić information content (AvgIpc) is 2.72. The van der Waals surface area contributed by atoms with Gasteiger partial charge in [0.2, 0.25) is 5.95 Å². The summed E-state index contributed by atoms with van der Waals surface area (Å²) in [7, 11) is 1.64. The molecule has 29 heavy (non-hydrogen) atoms. The van der Waals surface area contributed by atoms with Gasteiger partial charge in [0.1, 0.15) is 11.4 Å². The highest BCUT2D eigenvalue weighted by Gasteiger charge is 2.12. The number of methoxy groups -OCH3 is 1. The van der Waals surface area contributed by atoms with Gasteiger partial charge in [-0.1, -0.05) is 44.2 Å². The average molecular weight is 390 g/mol. The van der Waals surface area contributed by atoms with Crippen molar-refractivity contribution in [1.82, 2.24) is 9.97 Å². The van der Waals surface area contributed by atoms with Gasteiger partial charge in [-0.25, -0.2) is 9.97 Å². The number of nitrogens with one attached hydrogen (secondary N) is 2. The van der Waals surface area contributed by atoms with Crippen LogP contribution in [0.1, 0.15) is 47.1 Å². The van der Waals surface area contributed by atoms with Crippen LogP contribution in [0.25, 0.3) is 0 Å². The van der Waals surface area contributed by atoms with Crippen LogP contribution in [0.15, 0.2) is 54.6 Å². The first-order chi connectivity index (χ1) is 14.0. The van der Waals surface area contributed by atoms with Gasteiger partial charge in [-0.2, -0.15) is 0 Å². The Morgan fingerprint density at radius 2 is 1.79 bits per heavy atom. The van der Waals surface area contributed by atoms with Crippen LogP contribution in [-0.4, -0.2) is 23.0 Å². The van der Waals surface area contributed by atoms with E-state index in [0.29, 0.717) is 29.8 Å². The Morgan fingerprint density at radius 1 is 1.07 bits per heavy atom. The van der Waals surface area contributed by atoms with E-state index in [2.05, 4.69) is 34.4 Å². The summed E-state index contributed by atoms with van der Waals surface area (Å²) < 4.78 is 5.36. The van der Waals surface area contributed by atoms with Crippen LogP contribution >= 0.6 is 0 Å². The molecule has 0 radical (unpaired) electrons. The SMILES string of the molecule is COc1ccccc1CNc1nc(C)cc(C(=O)Nc2ccc(C(C)C)cc2)n1. The van der Waals surface area contributed by atoms with Gasteiger partial charge in [0.05, 0.1) is 7.11 Å². The van der Waals surface area contributed by atoms with E-state index in [1.54, 1.807) is 13.2 Å². The van der Waals surface area contributed by atoms with E-state index in [9.17, 15) is 4.79 Å². The summed E-state index contributed by atoms with van der Waals surface area (Å²) in [6.45, 7) is 6.60. The Hall–Kier alpha value is -3.41. The molecule has 2 aromatic carbocycles. The molecular formula is C23H26N4O2. The van der Waals surface area contributed by atoms with Crippen molar-refractivity contribution in [1.29, 1.82) is 0 Å². The molecule has 0 aliphatic carbocycles. The number of ether oxygens (including phenoxy) is 1. The number of hydrogen-bond acceptors (Lipinski definition) is 5. The molecule has 6 heteroatoms. The van der Waals surface area contributed by atoms with Gasteiger partial charge in [0.15, 0.2) is 0 Å².